The van der Waals surface area contributed by atoms with Crippen LogP contribution in [0.15, 0.2) is 23.1 Å². The minimum absolute atomic E-state index is 0.0165. The lowest BCUT2D eigenvalue weighted by molar-refractivity contribution is -0.116. The van der Waals surface area contributed by atoms with Gasteiger partial charge in [0.2, 0.25) is 15.9 Å². The number of rotatable bonds is 7. The summed E-state index contributed by atoms with van der Waals surface area (Å²) < 4.78 is 49.6. The molecule has 2 rings (SSSR count). The minimum Gasteiger partial charge on any atom is -0.326 e. The maximum absolute atomic E-state index is 12.7. The van der Waals surface area contributed by atoms with E-state index in [0.717, 1.165) is 0 Å². The number of hydrogen-bond acceptors (Lipinski definition) is 5. The molecular formula is C16H23ClN2O5S2. The van der Waals surface area contributed by atoms with Crippen molar-refractivity contribution >= 4 is 43.1 Å². The Morgan fingerprint density at radius 3 is 2.50 bits per heavy atom. The second-order valence-electron chi connectivity index (χ2n) is 6.26. The van der Waals surface area contributed by atoms with Crippen LogP contribution >= 0.6 is 11.6 Å². The van der Waals surface area contributed by atoms with Gasteiger partial charge in [-0.2, -0.15) is 4.31 Å². The first-order valence-electron chi connectivity index (χ1n) is 8.39. The van der Waals surface area contributed by atoms with Gasteiger partial charge in [-0.25, -0.2) is 16.8 Å². The van der Waals surface area contributed by atoms with E-state index >= 15 is 0 Å². The Labute approximate surface area is 159 Å². The number of sulfonamides is 1. The number of sulfone groups is 1. The Morgan fingerprint density at radius 1 is 1.31 bits per heavy atom. The quantitative estimate of drug-likeness (QED) is 0.725. The van der Waals surface area contributed by atoms with Crippen molar-refractivity contribution in [1.82, 2.24) is 4.31 Å². The second kappa shape index (κ2) is 8.24. The number of amides is 1. The van der Waals surface area contributed by atoms with E-state index < -0.39 is 19.9 Å². The monoisotopic (exact) mass is 422 g/mol. The first-order valence-corrected chi connectivity index (χ1v) is 12.0. The van der Waals surface area contributed by atoms with E-state index in [9.17, 15) is 21.6 Å². The summed E-state index contributed by atoms with van der Waals surface area (Å²) in [6, 6.07) is 4.28. The maximum Gasteiger partial charge on any atom is 0.244 e. The number of halogens is 1. The summed E-state index contributed by atoms with van der Waals surface area (Å²) in [4.78, 5) is 12.1. The van der Waals surface area contributed by atoms with E-state index in [1.807, 2.05) is 0 Å². The van der Waals surface area contributed by atoms with E-state index in [1.54, 1.807) is 13.8 Å². The van der Waals surface area contributed by atoms with Gasteiger partial charge >= 0.3 is 0 Å². The van der Waals surface area contributed by atoms with Crippen molar-refractivity contribution in [3.05, 3.63) is 23.2 Å². The van der Waals surface area contributed by atoms with E-state index in [0.29, 0.717) is 25.2 Å². The van der Waals surface area contributed by atoms with Gasteiger partial charge in [0, 0.05) is 25.2 Å². The fourth-order valence-electron chi connectivity index (χ4n) is 2.99. The largest absolute Gasteiger partial charge is 0.326 e. The lowest BCUT2D eigenvalue weighted by Crippen LogP contribution is -2.31. The number of carbonyl (C=O) groups is 1. The summed E-state index contributed by atoms with van der Waals surface area (Å²) in [5, 5.41) is 2.72. The van der Waals surface area contributed by atoms with E-state index in [1.165, 1.54) is 22.5 Å². The van der Waals surface area contributed by atoms with Crippen LogP contribution in [0.1, 0.15) is 26.7 Å². The Bertz CT molecular complexity index is 880. The zero-order valence-corrected chi connectivity index (χ0v) is 17.1. The Kier molecular flexibility index (Phi) is 6.70. The SMILES string of the molecule is CCN(CC)S(=O)(=O)c1cc(NC(=O)CC2CCS(=O)(=O)C2)ccc1Cl. The van der Waals surface area contributed by atoms with Gasteiger partial charge in [-0.15, -0.1) is 0 Å². The van der Waals surface area contributed by atoms with E-state index in [4.69, 9.17) is 11.6 Å². The number of hydrogen-bond donors (Lipinski definition) is 1. The lowest BCUT2D eigenvalue weighted by atomic mass is 10.1. The molecule has 1 atom stereocenters. The minimum atomic E-state index is -3.76. The van der Waals surface area contributed by atoms with Crippen LogP contribution < -0.4 is 5.32 Å². The third-order valence-corrected chi connectivity index (χ3v) is 8.71. The highest BCUT2D eigenvalue weighted by molar-refractivity contribution is 7.91. The van der Waals surface area contributed by atoms with Crippen LogP contribution in [0.25, 0.3) is 0 Å². The van der Waals surface area contributed by atoms with Crippen LogP contribution in [0.5, 0.6) is 0 Å². The average molecular weight is 423 g/mol. The highest BCUT2D eigenvalue weighted by atomic mass is 35.5. The van der Waals surface area contributed by atoms with Crippen LogP contribution in [0.2, 0.25) is 5.02 Å². The van der Waals surface area contributed by atoms with Crippen LogP contribution in [-0.4, -0.2) is 51.6 Å². The number of benzene rings is 1. The molecule has 1 aromatic carbocycles. The van der Waals surface area contributed by atoms with Gasteiger partial charge in [0.25, 0.3) is 0 Å². The normalized spacial score (nSPS) is 19.6. The molecule has 0 aliphatic carbocycles. The molecule has 26 heavy (non-hydrogen) atoms. The van der Waals surface area contributed by atoms with Gasteiger partial charge in [0.1, 0.15) is 4.90 Å². The van der Waals surface area contributed by atoms with Gasteiger partial charge in [-0.3, -0.25) is 4.79 Å². The van der Waals surface area contributed by atoms with Crippen LogP contribution in [-0.2, 0) is 24.7 Å². The topological polar surface area (TPSA) is 101 Å². The smallest absolute Gasteiger partial charge is 0.244 e. The third-order valence-electron chi connectivity index (χ3n) is 4.34. The standard InChI is InChI=1S/C16H23ClN2O5S2/c1-3-19(4-2)26(23,24)15-10-13(5-6-14(15)17)18-16(20)9-12-7-8-25(21,22)11-12/h5-6,10,12H,3-4,7-9,11H2,1-2H3,(H,18,20). The van der Waals surface area contributed by atoms with Gasteiger partial charge < -0.3 is 5.32 Å². The van der Waals surface area contributed by atoms with Crippen molar-refractivity contribution in [1.29, 1.82) is 0 Å². The molecule has 10 heteroatoms. The Hall–Kier alpha value is -1.16. The number of anilines is 1. The zero-order chi connectivity index (χ0) is 19.5. The first kappa shape index (κ1) is 21.1. The predicted octanol–water partition coefficient (Wildman–Crippen LogP) is 2.13. The molecule has 7 nitrogen and oxygen atoms in total. The molecule has 0 spiro atoms. The molecule has 1 saturated heterocycles. The number of nitrogens with zero attached hydrogens (tertiary/aromatic N) is 1. The lowest BCUT2D eigenvalue weighted by Gasteiger charge is -2.20. The summed E-state index contributed by atoms with van der Waals surface area (Å²) in [5.74, 6) is -0.423. The van der Waals surface area contributed by atoms with Gasteiger partial charge in [0.15, 0.2) is 9.84 Å². The number of nitrogens with one attached hydrogen (secondary N) is 1. The van der Waals surface area contributed by atoms with Crippen molar-refractivity contribution < 1.29 is 21.6 Å². The first-order chi connectivity index (χ1) is 12.1. The molecule has 1 N–H and O–H groups in total. The van der Waals surface area contributed by atoms with Crippen molar-refractivity contribution in [2.24, 2.45) is 5.92 Å². The molecule has 1 heterocycles. The molecule has 1 aliphatic heterocycles. The average Bonchev–Trinajstić information content (AvgIpc) is 2.88. The second-order valence-corrected chi connectivity index (χ2v) is 10.8. The molecule has 1 fully saturated rings. The molecule has 0 radical (unpaired) electrons. The molecule has 0 saturated carbocycles. The highest BCUT2D eigenvalue weighted by Crippen LogP contribution is 2.28. The Morgan fingerprint density at radius 2 is 1.96 bits per heavy atom. The zero-order valence-electron chi connectivity index (χ0n) is 14.7. The molecule has 1 unspecified atom stereocenters. The van der Waals surface area contributed by atoms with Crippen molar-refractivity contribution in [3.8, 4) is 0 Å². The molecule has 1 aliphatic rings. The van der Waals surface area contributed by atoms with Crippen molar-refractivity contribution in [2.75, 3.05) is 29.9 Å². The fraction of sp³-hybridized carbons (Fsp3) is 0.562. The summed E-state index contributed by atoms with van der Waals surface area (Å²) in [7, 11) is -6.80. The van der Waals surface area contributed by atoms with Gasteiger partial charge in [-0.05, 0) is 30.5 Å². The van der Waals surface area contributed by atoms with E-state index in [-0.39, 0.29) is 39.7 Å². The van der Waals surface area contributed by atoms with E-state index in [2.05, 4.69) is 5.32 Å². The molecule has 1 aromatic rings. The number of carbonyl (C=O) groups excluding carboxylic acids is 1. The van der Waals surface area contributed by atoms with Crippen LogP contribution in [0.4, 0.5) is 5.69 Å². The van der Waals surface area contributed by atoms with Crippen LogP contribution in [0.3, 0.4) is 0 Å². The molecule has 0 aromatic heterocycles. The van der Waals surface area contributed by atoms with Crippen molar-refractivity contribution in [2.45, 2.75) is 31.6 Å². The summed E-state index contributed by atoms with van der Waals surface area (Å²) in [6.45, 7) is 4.08. The maximum atomic E-state index is 12.7. The molecular weight excluding hydrogens is 400 g/mol. The Balaban J connectivity index is 2.15. The molecule has 146 valence electrons. The summed E-state index contributed by atoms with van der Waals surface area (Å²) >= 11 is 6.06. The van der Waals surface area contributed by atoms with Crippen LogP contribution in [0, 0.1) is 5.92 Å². The summed E-state index contributed by atoms with van der Waals surface area (Å²) in [6.07, 6.45) is 0.554. The highest BCUT2D eigenvalue weighted by Gasteiger charge is 2.30. The fourth-order valence-corrected chi connectivity index (χ4v) is 6.81. The molecule has 1 amide bonds. The summed E-state index contributed by atoms with van der Waals surface area (Å²) in [5.41, 5.74) is 0.311. The van der Waals surface area contributed by atoms with Gasteiger partial charge in [0.05, 0.1) is 16.5 Å². The third kappa shape index (κ3) is 4.97. The van der Waals surface area contributed by atoms with Gasteiger partial charge in [-0.1, -0.05) is 25.4 Å². The predicted molar refractivity (Wildman–Crippen MR) is 102 cm³/mol. The molecule has 0 bridgehead atoms. The van der Waals surface area contributed by atoms with Crippen molar-refractivity contribution in [3.63, 3.8) is 0 Å².